The van der Waals surface area contributed by atoms with Crippen LogP contribution in [0.15, 0.2) is 33.5 Å². The van der Waals surface area contributed by atoms with Gasteiger partial charge >= 0.3 is 5.97 Å². The van der Waals surface area contributed by atoms with E-state index in [1.807, 2.05) is 0 Å². The molecule has 3 amide bonds. The number of carboxylic acids is 1. The van der Waals surface area contributed by atoms with Crippen LogP contribution < -0.4 is 16.4 Å². The average Bonchev–Trinajstić information content (AvgIpc) is 3.37. The minimum atomic E-state index is -1.29. The van der Waals surface area contributed by atoms with Crippen LogP contribution in [-0.4, -0.2) is 97.3 Å². The second-order valence-electron chi connectivity index (χ2n) is 8.29. The number of hydrogen-bond acceptors (Lipinski definition) is 11. The molecule has 3 saturated heterocycles. The number of carboxylic acid groups (broad SMARTS) is 1. The van der Waals surface area contributed by atoms with Gasteiger partial charge in [0.15, 0.2) is 10.8 Å². The molecule has 0 unspecified atom stereocenters. The number of amides is 3. The molecule has 0 radical (unpaired) electrons. The first-order chi connectivity index (χ1) is 16.8. The molecular formula is C20H23Cl2N7O6S2. The molecule has 2 atom stereocenters. The van der Waals surface area contributed by atoms with E-state index in [0.717, 1.165) is 29.3 Å². The Hall–Kier alpha value is -2.85. The van der Waals surface area contributed by atoms with Gasteiger partial charge in [-0.25, -0.2) is 9.78 Å². The highest BCUT2D eigenvalue weighted by Crippen LogP contribution is 2.41. The Labute approximate surface area is 231 Å². The maximum absolute atomic E-state index is 12.9. The lowest BCUT2D eigenvalue weighted by atomic mass is 10.0. The molecule has 37 heavy (non-hydrogen) atoms. The number of aromatic nitrogens is 1. The minimum absolute atomic E-state index is 0. The normalized spacial score (nSPS) is 24.6. The van der Waals surface area contributed by atoms with Crippen LogP contribution in [0.5, 0.6) is 0 Å². The van der Waals surface area contributed by atoms with Gasteiger partial charge in [0.05, 0.1) is 6.04 Å². The Morgan fingerprint density at radius 2 is 2.03 bits per heavy atom. The van der Waals surface area contributed by atoms with E-state index in [-0.39, 0.29) is 59.0 Å². The molecule has 1 aromatic heterocycles. The van der Waals surface area contributed by atoms with E-state index in [1.54, 1.807) is 11.0 Å². The first-order valence-corrected chi connectivity index (χ1v) is 12.6. The number of nitrogens with one attached hydrogen (secondary N) is 2. The molecule has 6 N–H and O–H groups in total. The van der Waals surface area contributed by atoms with Crippen LogP contribution in [0.2, 0.25) is 0 Å². The SMILES string of the molecule is Cl.Cl.Nc1nc(/C(=N/O)C(=O)N[C@@H]2C(=O)N3C(C(=O)O)=C(C=C4CCN(C5CNC5)C4=O)CS[C@H]23)cs1. The summed E-state index contributed by atoms with van der Waals surface area (Å²) in [5.41, 5.74) is 5.91. The van der Waals surface area contributed by atoms with E-state index < -0.39 is 34.9 Å². The quantitative estimate of drug-likeness (QED) is 0.0957. The third-order valence-electron chi connectivity index (χ3n) is 6.27. The molecular weight excluding hydrogens is 569 g/mol. The third-order valence-corrected chi connectivity index (χ3v) is 8.25. The number of oxime groups is 1. The second-order valence-corrected chi connectivity index (χ2v) is 10.3. The highest BCUT2D eigenvalue weighted by Gasteiger charge is 2.54. The van der Waals surface area contributed by atoms with Crippen LogP contribution in [0, 0.1) is 0 Å². The molecule has 5 rings (SSSR count). The molecule has 0 saturated carbocycles. The van der Waals surface area contributed by atoms with Crippen LogP contribution >= 0.6 is 47.9 Å². The molecule has 3 fully saturated rings. The lowest BCUT2D eigenvalue weighted by Crippen LogP contribution is -2.71. The highest BCUT2D eigenvalue weighted by atomic mass is 35.5. The topological polar surface area (TPSA) is 191 Å². The largest absolute Gasteiger partial charge is 0.477 e. The number of thiazole rings is 1. The maximum Gasteiger partial charge on any atom is 0.352 e. The molecule has 0 aliphatic carbocycles. The second kappa shape index (κ2) is 11.3. The van der Waals surface area contributed by atoms with E-state index in [0.29, 0.717) is 24.1 Å². The lowest BCUT2D eigenvalue weighted by molar-refractivity contribution is -0.150. The van der Waals surface area contributed by atoms with Crippen molar-refractivity contribution in [3.8, 4) is 0 Å². The van der Waals surface area contributed by atoms with Crippen LogP contribution in [0.1, 0.15) is 12.1 Å². The number of nitrogens with two attached hydrogens (primary N) is 1. The number of anilines is 1. The van der Waals surface area contributed by atoms with Gasteiger partial charge in [0, 0.05) is 36.3 Å². The Kier molecular flexibility index (Phi) is 8.74. The van der Waals surface area contributed by atoms with E-state index in [2.05, 4.69) is 20.8 Å². The van der Waals surface area contributed by atoms with Gasteiger partial charge in [-0.1, -0.05) is 5.16 Å². The predicted octanol–water partition coefficient (Wildman–Crippen LogP) is -0.384. The van der Waals surface area contributed by atoms with Crippen LogP contribution in [-0.2, 0) is 19.2 Å². The number of hydrogen-bond donors (Lipinski definition) is 5. The number of halogens is 2. The Morgan fingerprint density at radius 3 is 2.59 bits per heavy atom. The van der Waals surface area contributed by atoms with E-state index in [1.165, 1.54) is 17.1 Å². The number of fused-ring (bicyclic) bond motifs is 1. The average molecular weight is 592 g/mol. The van der Waals surface area contributed by atoms with Gasteiger partial charge in [-0.3, -0.25) is 19.3 Å². The Balaban J connectivity index is 0.00000190. The summed E-state index contributed by atoms with van der Waals surface area (Å²) in [5, 5.41) is 28.7. The number of aliphatic carboxylic acids is 1. The smallest absolute Gasteiger partial charge is 0.352 e. The lowest BCUT2D eigenvalue weighted by Gasteiger charge is -2.49. The zero-order valence-corrected chi connectivity index (χ0v) is 22.2. The maximum atomic E-state index is 12.9. The summed E-state index contributed by atoms with van der Waals surface area (Å²) in [6.07, 6.45) is 2.10. The van der Waals surface area contributed by atoms with Crippen molar-refractivity contribution in [1.82, 2.24) is 25.4 Å². The van der Waals surface area contributed by atoms with Crippen LogP contribution in [0.4, 0.5) is 5.13 Å². The predicted molar refractivity (Wildman–Crippen MR) is 140 cm³/mol. The number of allylic oxidation sites excluding steroid dienone is 1. The number of carbonyl (C=O) groups excluding carboxylic acids is 3. The van der Waals surface area contributed by atoms with Gasteiger partial charge in [0.2, 0.25) is 5.91 Å². The van der Waals surface area contributed by atoms with Gasteiger partial charge in [0.25, 0.3) is 11.8 Å². The molecule has 17 heteroatoms. The van der Waals surface area contributed by atoms with Crippen molar-refractivity contribution in [2.24, 2.45) is 5.16 Å². The van der Waals surface area contributed by atoms with Crippen molar-refractivity contribution in [2.45, 2.75) is 23.9 Å². The van der Waals surface area contributed by atoms with Gasteiger partial charge in [-0.15, -0.1) is 47.9 Å². The summed E-state index contributed by atoms with van der Waals surface area (Å²) in [5.74, 6) is -2.61. The minimum Gasteiger partial charge on any atom is -0.477 e. The Bertz CT molecular complexity index is 1230. The summed E-state index contributed by atoms with van der Waals surface area (Å²) in [6, 6.07) is -0.862. The number of carbonyl (C=O) groups is 4. The van der Waals surface area contributed by atoms with E-state index in [4.69, 9.17) is 5.73 Å². The third kappa shape index (κ3) is 5.01. The summed E-state index contributed by atoms with van der Waals surface area (Å²) < 4.78 is 0. The van der Waals surface area contributed by atoms with E-state index >= 15 is 0 Å². The van der Waals surface area contributed by atoms with Gasteiger partial charge < -0.3 is 31.6 Å². The zero-order chi connectivity index (χ0) is 24.9. The fourth-order valence-corrected chi connectivity index (χ4v) is 6.25. The molecule has 0 spiro atoms. The molecule has 4 aliphatic rings. The fourth-order valence-electron chi connectivity index (χ4n) is 4.39. The number of β-lactam (4-membered cyclic amide) rings is 1. The first kappa shape index (κ1) is 28.7. The van der Waals surface area contributed by atoms with Crippen molar-refractivity contribution in [3.63, 3.8) is 0 Å². The molecule has 4 aliphatic heterocycles. The molecule has 200 valence electrons. The summed E-state index contributed by atoms with van der Waals surface area (Å²) in [4.78, 5) is 57.2. The van der Waals surface area contributed by atoms with Gasteiger partial charge in [0.1, 0.15) is 22.8 Å². The zero-order valence-electron chi connectivity index (χ0n) is 18.9. The molecule has 0 bridgehead atoms. The van der Waals surface area contributed by atoms with Crippen molar-refractivity contribution in [1.29, 1.82) is 0 Å². The van der Waals surface area contributed by atoms with Gasteiger partial charge in [-0.05, 0) is 18.1 Å². The standard InChI is InChI=1S/C20H21N7O6S2.2ClH/c21-20-23-11(7-35-20)12(25-33)15(28)24-13-17(30)27-14(19(31)32)9(6-34-18(13)27)3-8-1-2-26(16(8)29)10-4-22-5-10;;/h3,7,10,13,18,22,33H,1-2,4-6H2,(H2,21,23)(H,24,28)(H,31,32);2*1H/b8-3?,25-12-;;/t13-,18-;;/m1../s1. The van der Waals surface area contributed by atoms with Crippen molar-refractivity contribution in [2.75, 3.05) is 31.1 Å². The highest BCUT2D eigenvalue weighted by molar-refractivity contribution is 8.00. The Morgan fingerprint density at radius 1 is 1.30 bits per heavy atom. The van der Waals surface area contributed by atoms with Crippen molar-refractivity contribution < 1.29 is 29.5 Å². The first-order valence-electron chi connectivity index (χ1n) is 10.7. The summed E-state index contributed by atoms with van der Waals surface area (Å²) >= 11 is 2.33. The number of rotatable bonds is 6. The number of nitrogens with zero attached hydrogens (tertiary/aromatic N) is 4. The van der Waals surface area contributed by atoms with Crippen LogP contribution in [0.3, 0.4) is 0 Å². The molecule has 13 nitrogen and oxygen atoms in total. The monoisotopic (exact) mass is 591 g/mol. The molecule has 0 aromatic carbocycles. The number of nitrogen functional groups attached to an aromatic ring is 1. The van der Waals surface area contributed by atoms with Crippen molar-refractivity contribution >= 4 is 82.4 Å². The summed E-state index contributed by atoms with van der Waals surface area (Å²) in [6.45, 7) is 2.07. The molecule has 5 heterocycles. The van der Waals surface area contributed by atoms with Gasteiger partial charge in [-0.2, -0.15) is 0 Å². The van der Waals surface area contributed by atoms with E-state index in [9.17, 15) is 29.5 Å². The summed E-state index contributed by atoms with van der Waals surface area (Å²) in [7, 11) is 0. The number of likely N-dealkylation sites (tertiary alicyclic amines) is 1. The fraction of sp³-hybridized carbons (Fsp3) is 0.400. The number of thioether (sulfide) groups is 1. The van der Waals surface area contributed by atoms with Crippen molar-refractivity contribution in [3.05, 3.63) is 34.0 Å². The molecule has 1 aromatic rings. The van der Waals surface area contributed by atoms with Crippen LogP contribution in [0.25, 0.3) is 0 Å².